The number of benzene rings is 1. The van der Waals surface area contributed by atoms with Gasteiger partial charge in [0.25, 0.3) is 0 Å². The number of hydrogen-bond donors (Lipinski definition) is 2. The van der Waals surface area contributed by atoms with Crippen molar-refractivity contribution < 1.29 is 0 Å². The Morgan fingerprint density at radius 2 is 1.76 bits per heavy atom. The normalized spacial score (nSPS) is 18.3. The van der Waals surface area contributed by atoms with E-state index in [0.29, 0.717) is 5.41 Å². The van der Waals surface area contributed by atoms with Crippen molar-refractivity contribution >= 4 is 11.4 Å². The number of anilines is 2. The van der Waals surface area contributed by atoms with Crippen LogP contribution in [0.5, 0.6) is 0 Å². The Balaban J connectivity index is 2.06. The summed E-state index contributed by atoms with van der Waals surface area (Å²) in [4.78, 5) is 0. The molecule has 2 nitrogen and oxygen atoms in total. The van der Waals surface area contributed by atoms with Gasteiger partial charge < -0.3 is 11.1 Å². The van der Waals surface area contributed by atoms with Crippen molar-refractivity contribution in [2.24, 2.45) is 5.41 Å². The van der Waals surface area contributed by atoms with Gasteiger partial charge in [0.1, 0.15) is 0 Å². The first kappa shape index (κ1) is 12.3. The van der Waals surface area contributed by atoms with Crippen molar-refractivity contribution in [1.82, 2.24) is 0 Å². The standard InChI is InChI=1S/C15H24N2/c1-11-8-13(16)14(9-12(11)2)17-10-15(3)6-4-5-7-15/h8-9,17H,4-7,10,16H2,1-3H3. The van der Waals surface area contributed by atoms with Crippen molar-refractivity contribution in [3.63, 3.8) is 0 Å². The van der Waals surface area contributed by atoms with Crippen LogP contribution in [0.4, 0.5) is 11.4 Å². The summed E-state index contributed by atoms with van der Waals surface area (Å²) in [6.45, 7) is 7.66. The van der Waals surface area contributed by atoms with Crippen LogP contribution in [0, 0.1) is 19.3 Å². The smallest absolute Gasteiger partial charge is 0.0576 e. The second kappa shape index (κ2) is 4.59. The van der Waals surface area contributed by atoms with Crippen LogP contribution in [-0.2, 0) is 0 Å². The molecule has 2 rings (SSSR count). The number of rotatable bonds is 3. The first-order valence-corrected chi connectivity index (χ1v) is 6.61. The maximum Gasteiger partial charge on any atom is 0.0576 e. The van der Waals surface area contributed by atoms with Crippen molar-refractivity contribution in [3.8, 4) is 0 Å². The number of nitrogens with one attached hydrogen (secondary N) is 1. The predicted octanol–water partition coefficient (Wildman–Crippen LogP) is 3.88. The summed E-state index contributed by atoms with van der Waals surface area (Å²) < 4.78 is 0. The van der Waals surface area contributed by atoms with Crippen LogP contribution in [-0.4, -0.2) is 6.54 Å². The zero-order chi connectivity index (χ0) is 12.5. The molecule has 0 bridgehead atoms. The molecule has 0 radical (unpaired) electrons. The fourth-order valence-electron chi connectivity index (χ4n) is 2.71. The van der Waals surface area contributed by atoms with E-state index >= 15 is 0 Å². The van der Waals surface area contributed by atoms with Gasteiger partial charge in [-0.05, 0) is 55.4 Å². The lowest BCUT2D eigenvalue weighted by Gasteiger charge is -2.25. The topological polar surface area (TPSA) is 38.0 Å². The summed E-state index contributed by atoms with van der Waals surface area (Å²) in [7, 11) is 0. The van der Waals surface area contributed by atoms with Gasteiger partial charge in [0.2, 0.25) is 0 Å². The Morgan fingerprint density at radius 1 is 1.18 bits per heavy atom. The molecule has 0 aromatic heterocycles. The average molecular weight is 232 g/mol. The van der Waals surface area contributed by atoms with E-state index in [9.17, 15) is 0 Å². The van der Waals surface area contributed by atoms with E-state index in [2.05, 4.69) is 38.2 Å². The Labute approximate surface area is 105 Å². The molecule has 0 amide bonds. The largest absolute Gasteiger partial charge is 0.397 e. The van der Waals surface area contributed by atoms with Gasteiger partial charge in [-0.2, -0.15) is 0 Å². The van der Waals surface area contributed by atoms with Crippen molar-refractivity contribution in [1.29, 1.82) is 0 Å². The van der Waals surface area contributed by atoms with Crippen molar-refractivity contribution in [2.75, 3.05) is 17.6 Å². The fraction of sp³-hybridized carbons (Fsp3) is 0.600. The quantitative estimate of drug-likeness (QED) is 0.776. The molecule has 94 valence electrons. The maximum atomic E-state index is 6.06. The van der Waals surface area contributed by atoms with Gasteiger partial charge >= 0.3 is 0 Å². The Kier molecular flexibility index (Phi) is 3.32. The average Bonchev–Trinajstić information content (AvgIpc) is 2.69. The number of hydrogen-bond acceptors (Lipinski definition) is 2. The van der Waals surface area contributed by atoms with Gasteiger partial charge in [-0.15, -0.1) is 0 Å². The molecule has 2 heteroatoms. The summed E-state index contributed by atoms with van der Waals surface area (Å²) in [6, 6.07) is 4.23. The molecule has 1 aromatic rings. The highest BCUT2D eigenvalue weighted by molar-refractivity contribution is 5.68. The highest BCUT2D eigenvalue weighted by Crippen LogP contribution is 2.38. The molecule has 0 aliphatic heterocycles. The minimum atomic E-state index is 0.464. The third-order valence-corrected chi connectivity index (χ3v) is 4.18. The van der Waals surface area contributed by atoms with E-state index in [4.69, 9.17) is 5.73 Å². The monoisotopic (exact) mass is 232 g/mol. The number of nitrogen functional groups attached to an aromatic ring is 1. The second-order valence-corrected chi connectivity index (χ2v) is 5.90. The molecule has 17 heavy (non-hydrogen) atoms. The summed E-state index contributed by atoms with van der Waals surface area (Å²) in [5, 5.41) is 3.54. The fourth-order valence-corrected chi connectivity index (χ4v) is 2.71. The molecule has 1 fully saturated rings. The molecule has 0 saturated heterocycles. The van der Waals surface area contributed by atoms with Crippen LogP contribution in [0.3, 0.4) is 0 Å². The predicted molar refractivity (Wildman–Crippen MR) is 75.4 cm³/mol. The Morgan fingerprint density at radius 3 is 2.41 bits per heavy atom. The molecular weight excluding hydrogens is 208 g/mol. The lowest BCUT2D eigenvalue weighted by Crippen LogP contribution is -2.23. The van der Waals surface area contributed by atoms with E-state index < -0.39 is 0 Å². The molecular formula is C15H24N2. The van der Waals surface area contributed by atoms with E-state index in [1.54, 1.807) is 0 Å². The van der Waals surface area contributed by atoms with Crippen LogP contribution in [0.2, 0.25) is 0 Å². The highest BCUT2D eigenvalue weighted by atomic mass is 14.9. The van der Waals surface area contributed by atoms with Crippen LogP contribution < -0.4 is 11.1 Å². The van der Waals surface area contributed by atoms with E-state index in [1.807, 2.05) is 0 Å². The zero-order valence-electron chi connectivity index (χ0n) is 11.3. The molecule has 0 unspecified atom stereocenters. The Bertz CT molecular complexity index is 404. The second-order valence-electron chi connectivity index (χ2n) is 5.90. The van der Waals surface area contributed by atoms with E-state index in [-0.39, 0.29) is 0 Å². The highest BCUT2D eigenvalue weighted by Gasteiger charge is 2.28. The summed E-state index contributed by atoms with van der Waals surface area (Å²) in [6.07, 6.45) is 5.43. The van der Waals surface area contributed by atoms with Crippen molar-refractivity contribution in [3.05, 3.63) is 23.3 Å². The number of nitrogens with two attached hydrogens (primary N) is 1. The molecule has 1 aliphatic rings. The zero-order valence-corrected chi connectivity index (χ0v) is 11.3. The van der Waals surface area contributed by atoms with Gasteiger partial charge in [0, 0.05) is 6.54 Å². The molecule has 0 atom stereocenters. The first-order valence-electron chi connectivity index (χ1n) is 6.61. The van der Waals surface area contributed by atoms with E-state index in [1.165, 1.54) is 36.8 Å². The minimum Gasteiger partial charge on any atom is -0.397 e. The third kappa shape index (κ3) is 2.74. The minimum absolute atomic E-state index is 0.464. The van der Waals surface area contributed by atoms with Crippen LogP contribution in [0.1, 0.15) is 43.7 Å². The Hall–Kier alpha value is -1.18. The van der Waals surface area contributed by atoms with E-state index in [0.717, 1.165) is 17.9 Å². The molecule has 1 aliphatic carbocycles. The number of aryl methyl sites for hydroxylation is 2. The molecule has 0 heterocycles. The molecule has 1 aromatic carbocycles. The van der Waals surface area contributed by atoms with Gasteiger partial charge in [-0.1, -0.05) is 19.8 Å². The SMILES string of the molecule is Cc1cc(N)c(NCC2(C)CCCC2)cc1C. The first-order chi connectivity index (χ1) is 8.00. The summed E-state index contributed by atoms with van der Waals surface area (Å²) >= 11 is 0. The molecule has 3 N–H and O–H groups in total. The van der Waals surface area contributed by atoms with Gasteiger partial charge in [0.15, 0.2) is 0 Å². The van der Waals surface area contributed by atoms with Crippen LogP contribution in [0.25, 0.3) is 0 Å². The van der Waals surface area contributed by atoms with Gasteiger partial charge in [-0.3, -0.25) is 0 Å². The lowest BCUT2D eigenvalue weighted by atomic mass is 9.89. The summed E-state index contributed by atoms with van der Waals surface area (Å²) in [5.41, 5.74) is 11.1. The molecule has 0 spiro atoms. The van der Waals surface area contributed by atoms with Crippen LogP contribution in [0.15, 0.2) is 12.1 Å². The van der Waals surface area contributed by atoms with Crippen LogP contribution >= 0.6 is 0 Å². The maximum absolute atomic E-state index is 6.06. The molecule has 1 saturated carbocycles. The summed E-state index contributed by atoms with van der Waals surface area (Å²) in [5.74, 6) is 0. The van der Waals surface area contributed by atoms with Gasteiger partial charge in [0.05, 0.1) is 11.4 Å². The lowest BCUT2D eigenvalue weighted by molar-refractivity contribution is 0.362. The third-order valence-electron chi connectivity index (χ3n) is 4.18. The van der Waals surface area contributed by atoms with Gasteiger partial charge in [-0.25, -0.2) is 0 Å². The van der Waals surface area contributed by atoms with Crippen molar-refractivity contribution in [2.45, 2.75) is 46.5 Å².